The zero-order valence-corrected chi connectivity index (χ0v) is 8.85. The molecule has 1 unspecified atom stereocenters. The van der Waals surface area contributed by atoms with E-state index in [1.807, 2.05) is 6.07 Å². The zero-order chi connectivity index (χ0) is 10.4. The van der Waals surface area contributed by atoms with Crippen molar-refractivity contribution in [2.45, 2.75) is 39.2 Å². The lowest BCUT2D eigenvalue weighted by molar-refractivity contribution is 0.140. The Morgan fingerprint density at radius 3 is 2.50 bits per heavy atom. The van der Waals surface area contributed by atoms with Crippen molar-refractivity contribution in [3.05, 3.63) is 24.0 Å². The van der Waals surface area contributed by atoms with Crippen LogP contribution in [0.2, 0.25) is 0 Å². The van der Waals surface area contributed by atoms with Crippen molar-refractivity contribution in [2.75, 3.05) is 0 Å². The first kappa shape index (κ1) is 11.1. The summed E-state index contributed by atoms with van der Waals surface area (Å²) in [4.78, 5) is 0. The summed E-state index contributed by atoms with van der Waals surface area (Å²) in [6.07, 6.45) is 5.91. The smallest absolute Gasteiger partial charge is 0.0808 e. The number of rotatable bonds is 5. The summed E-state index contributed by atoms with van der Waals surface area (Å²) in [5.74, 6) is 0.596. The molecule has 0 aliphatic rings. The largest absolute Gasteiger partial charge is 0.388 e. The fourth-order valence-electron chi connectivity index (χ4n) is 1.57. The van der Waals surface area contributed by atoms with Gasteiger partial charge in [-0.2, -0.15) is 10.2 Å². The Bertz CT molecular complexity index is 247. The first-order chi connectivity index (χ1) is 6.77. The van der Waals surface area contributed by atoms with Gasteiger partial charge in [-0.1, -0.05) is 26.7 Å². The molecule has 0 radical (unpaired) electrons. The van der Waals surface area contributed by atoms with E-state index in [0.29, 0.717) is 5.92 Å². The normalized spacial score (nSPS) is 13.1. The van der Waals surface area contributed by atoms with Gasteiger partial charge in [-0.25, -0.2) is 0 Å². The molecule has 1 aromatic rings. The molecule has 3 heteroatoms. The summed E-state index contributed by atoms with van der Waals surface area (Å²) in [5.41, 5.74) is 0.868. The molecule has 1 N–H and O–H groups in total. The van der Waals surface area contributed by atoms with E-state index < -0.39 is 6.10 Å². The molecule has 14 heavy (non-hydrogen) atoms. The fraction of sp³-hybridized carbons (Fsp3) is 0.636. The third-order valence-electron chi connectivity index (χ3n) is 2.70. The second kappa shape index (κ2) is 5.70. The number of nitrogens with zero attached hydrogens (tertiary/aromatic N) is 2. The van der Waals surface area contributed by atoms with Crippen molar-refractivity contribution >= 4 is 0 Å². The minimum Gasteiger partial charge on any atom is -0.388 e. The standard InChI is InChI=1S/C11H18N2O/c1-3-9(4-2)7-11(14)10-5-6-12-13-8-10/h5-6,8-9,11,14H,3-4,7H2,1-2H3. The van der Waals surface area contributed by atoms with Gasteiger partial charge in [0, 0.05) is 11.8 Å². The van der Waals surface area contributed by atoms with E-state index in [1.165, 1.54) is 0 Å². The van der Waals surface area contributed by atoms with Crippen molar-refractivity contribution in [1.29, 1.82) is 0 Å². The Hall–Kier alpha value is -0.960. The molecular weight excluding hydrogens is 176 g/mol. The summed E-state index contributed by atoms with van der Waals surface area (Å²) in [5, 5.41) is 17.3. The number of aromatic nitrogens is 2. The van der Waals surface area contributed by atoms with Crippen LogP contribution < -0.4 is 0 Å². The van der Waals surface area contributed by atoms with Crippen LogP contribution in [0.4, 0.5) is 0 Å². The molecule has 1 heterocycles. The Kier molecular flexibility index (Phi) is 4.53. The fourth-order valence-corrected chi connectivity index (χ4v) is 1.57. The maximum absolute atomic E-state index is 9.89. The monoisotopic (exact) mass is 194 g/mol. The summed E-state index contributed by atoms with van der Waals surface area (Å²) in [6.45, 7) is 4.32. The zero-order valence-electron chi connectivity index (χ0n) is 8.85. The van der Waals surface area contributed by atoms with Crippen molar-refractivity contribution < 1.29 is 5.11 Å². The topological polar surface area (TPSA) is 46.0 Å². The van der Waals surface area contributed by atoms with Crippen LogP contribution in [0.25, 0.3) is 0 Å². The van der Waals surface area contributed by atoms with Gasteiger partial charge in [0.25, 0.3) is 0 Å². The van der Waals surface area contributed by atoms with Gasteiger partial charge in [-0.05, 0) is 18.4 Å². The SMILES string of the molecule is CCC(CC)CC(O)c1ccnnc1. The van der Waals surface area contributed by atoms with E-state index >= 15 is 0 Å². The van der Waals surface area contributed by atoms with Crippen LogP contribution in [-0.2, 0) is 0 Å². The van der Waals surface area contributed by atoms with Gasteiger partial charge in [0.2, 0.25) is 0 Å². The third kappa shape index (κ3) is 3.07. The predicted octanol–water partition coefficient (Wildman–Crippen LogP) is 2.34. The second-order valence-corrected chi connectivity index (χ2v) is 3.61. The molecule has 1 atom stereocenters. The van der Waals surface area contributed by atoms with Gasteiger partial charge >= 0.3 is 0 Å². The predicted molar refractivity (Wildman–Crippen MR) is 55.7 cm³/mol. The van der Waals surface area contributed by atoms with E-state index in [0.717, 1.165) is 24.8 Å². The summed E-state index contributed by atoms with van der Waals surface area (Å²) >= 11 is 0. The maximum atomic E-state index is 9.89. The first-order valence-electron chi connectivity index (χ1n) is 5.22. The van der Waals surface area contributed by atoms with Crippen molar-refractivity contribution in [3.63, 3.8) is 0 Å². The molecule has 0 fully saturated rings. The molecule has 0 aliphatic heterocycles. The van der Waals surface area contributed by atoms with E-state index in [-0.39, 0.29) is 0 Å². The molecule has 1 rings (SSSR count). The number of aliphatic hydroxyl groups is 1. The molecule has 3 nitrogen and oxygen atoms in total. The minimum atomic E-state index is -0.393. The maximum Gasteiger partial charge on any atom is 0.0808 e. The van der Waals surface area contributed by atoms with Crippen LogP contribution in [0.15, 0.2) is 18.5 Å². The minimum absolute atomic E-state index is 0.393. The van der Waals surface area contributed by atoms with Crippen LogP contribution in [0.5, 0.6) is 0 Å². The molecule has 1 aromatic heterocycles. The Morgan fingerprint density at radius 1 is 1.29 bits per heavy atom. The number of hydrogen-bond acceptors (Lipinski definition) is 3. The molecule has 0 aromatic carbocycles. The molecular formula is C11H18N2O. The first-order valence-corrected chi connectivity index (χ1v) is 5.22. The van der Waals surface area contributed by atoms with Crippen LogP contribution in [0, 0.1) is 5.92 Å². The van der Waals surface area contributed by atoms with Crippen LogP contribution in [-0.4, -0.2) is 15.3 Å². The highest BCUT2D eigenvalue weighted by Crippen LogP contribution is 2.23. The van der Waals surface area contributed by atoms with Gasteiger partial charge < -0.3 is 5.11 Å². The lowest BCUT2D eigenvalue weighted by atomic mass is 9.94. The van der Waals surface area contributed by atoms with Crippen LogP contribution in [0.3, 0.4) is 0 Å². The van der Waals surface area contributed by atoms with Crippen molar-refractivity contribution in [2.24, 2.45) is 5.92 Å². The lowest BCUT2D eigenvalue weighted by Gasteiger charge is -2.16. The Labute approximate surface area is 85.2 Å². The third-order valence-corrected chi connectivity index (χ3v) is 2.70. The van der Waals surface area contributed by atoms with E-state index in [2.05, 4.69) is 24.0 Å². The highest BCUT2D eigenvalue weighted by Gasteiger charge is 2.13. The van der Waals surface area contributed by atoms with Gasteiger partial charge in [-0.3, -0.25) is 0 Å². The molecule has 78 valence electrons. The number of aliphatic hydroxyl groups excluding tert-OH is 1. The molecule has 0 saturated heterocycles. The second-order valence-electron chi connectivity index (χ2n) is 3.61. The molecule has 0 bridgehead atoms. The van der Waals surface area contributed by atoms with Crippen LogP contribution >= 0.6 is 0 Å². The average Bonchev–Trinajstić information content (AvgIpc) is 2.26. The van der Waals surface area contributed by atoms with E-state index in [1.54, 1.807) is 12.4 Å². The molecule has 0 amide bonds. The quantitative estimate of drug-likeness (QED) is 0.782. The Balaban J connectivity index is 2.54. The molecule has 0 spiro atoms. The summed E-state index contributed by atoms with van der Waals surface area (Å²) < 4.78 is 0. The molecule has 0 saturated carbocycles. The van der Waals surface area contributed by atoms with Crippen molar-refractivity contribution in [3.8, 4) is 0 Å². The van der Waals surface area contributed by atoms with Gasteiger partial charge in [0.05, 0.1) is 12.3 Å². The average molecular weight is 194 g/mol. The van der Waals surface area contributed by atoms with E-state index in [9.17, 15) is 5.11 Å². The highest BCUT2D eigenvalue weighted by molar-refractivity contribution is 5.08. The summed E-state index contributed by atoms with van der Waals surface area (Å²) in [6, 6.07) is 1.82. The number of hydrogen-bond donors (Lipinski definition) is 1. The lowest BCUT2D eigenvalue weighted by Crippen LogP contribution is -2.06. The highest BCUT2D eigenvalue weighted by atomic mass is 16.3. The van der Waals surface area contributed by atoms with Gasteiger partial charge in [-0.15, -0.1) is 0 Å². The molecule has 0 aliphatic carbocycles. The van der Waals surface area contributed by atoms with Gasteiger partial charge in [0.15, 0.2) is 0 Å². The van der Waals surface area contributed by atoms with Crippen molar-refractivity contribution in [1.82, 2.24) is 10.2 Å². The summed E-state index contributed by atoms with van der Waals surface area (Å²) in [7, 11) is 0. The van der Waals surface area contributed by atoms with Crippen LogP contribution in [0.1, 0.15) is 44.8 Å². The van der Waals surface area contributed by atoms with E-state index in [4.69, 9.17) is 0 Å². The Morgan fingerprint density at radius 2 is 2.00 bits per heavy atom. The van der Waals surface area contributed by atoms with Gasteiger partial charge in [0.1, 0.15) is 0 Å².